The van der Waals surface area contributed by atoms with Crippen molar-refractivity contribution in [2.75, 3.05) is 26.7 Å². The lowest BCUT2D eigenvalue weighted by atomic mass is 9.98. The summed E-state index contributed by atoms with van der Waals surface area (Å²) in [6.07, 6.45) is 3.36. The van der Waals surface area contributed by atoms with E-state index in [1.807, 2.05) is 0 Å². The van der Waals surface area contributed by atoms with Crippen molar-refractivity contribution < 1.29 is 8.42 Å². The second-order valence-electron chi connectivity index (χ2n) is 4.53. The van der Waals surface area contributed by atoms with E-state index in [1.54, 1.807) is 0 Å². The van der Waals surface area contributed by atoms with Crippen LogP contribution >= 0.6 is 22.9 Å². The summed E-state index contributed by atoms with van der Waals surface area (Å²) >= 11 is 6.62. The number of hydrogen-bond donors (Lipinski definition) is 1. The highest BCUT2D eigenvalue weighted by Crippen LogP contribution is 2.23. The van der Waals surface area contributed by atoms with Gasteiger partial charge in [-0.05, 0) is 38.9 Å². The van der Waals surface area contributed by atoms with Crippen LogP contribution in [0.1, 0.15) is 12.8 Å². The number of sulfonamides is 1. The molecule has 0 atom stereocenters. The molecule has 0 aromatic carbocycles. The fourth-order valence-electron chi connectivity index (χ4n) is 1.93. The van der Waals surface area contributed by atoms with Gasteiger partial charge in [-0.1, -0.05) is 22.9 Å². The third-order valence-electron chi connectivity index (χ3n) is 3.12. The van der Waals surface area contributed by atoms with Crippen LogP contribution in [0.15, 0.2) is 10.4 Å². The maximum absolute atomic E-state index is 11.9. The lowest BCUT2D eigenvalue weighted by Gasteiger charge is -2.28. The van der Waals surface area contributed by atoms with E-state index in [4.69, 9.17) is 11.6 Å². The summed E-state index contributed by atoms with van der Waals surface area (Å²) in [5.41, 5.74) is 0. The number of thiazole rings is 1. The second-order valence-corrected chi connectivity index (χ2v) is 8.14. The standard InChI is InChI=1S/C10H16ClN3O2S2/c1-14-4-2-8(3-5-14)6-13-18(15,16)9-7-12-10(11)17-9/h7-8,13H,2-6H2,1H3. The monoisotopic (exact) mass is 309 g/mol. The van der Waals surface area contributed by atoms with Gasteiger partial charge < -0.3 is 4.90 Å². The minimum Gasteiger partial charge on any atom is -0.306 e. The lowest BCUT2D eigenvalue weighted by Crippen LogP contribution is -2.36. The van der Waals surface area contributed by atoms with Crippen molar-refractivity contribution >= 4 is 33.0 Å². The van der Waals surface area contributed by atoms with Gasteiger partial charge in [-0.25, -0.2) is 18.1 Å². The number of nitrogens with zero attached hydrogens (tertiary/aromatic N) is 2. The van der Waals surface area contributed by atoms with Crippen LogP contribution < -0.4 is 4.72 Å². The number of aromatic nitrogens is 1. The quantitative estimate of drug-likeness (QED) is 0.913. The SMILES string of the molecule is CN1CCC(CNS(=O)(=O)c2cnc(Cl)s2)CC1. The van der Waals surface area contributed by atoms with Crippen LogP contribution in [0.25, 0.3) is 0 Å². The second kappa shape index (κ2) is 5.83. The van der Waals surface area contributed by atoms with Crippen molar-refractivity contribution in [3.63, 3.8) is 0 Å². The molecule has 0 saturated carbocycles. The van der Waals surface area contributed by atoms with Gasteiger partial charge in [0.05, 0.1) is 6.20 Å². The van der Waals surface area contributed by atoms with Gasteiger partial charge >= 0.3 is 0 Å². The minimum absolute atomic E-state index is 0.181. The van der Waals surface area contributed by atoms with Gasteiger partial charge in [0.15, 0.2) is 8.68 Å². The van der Waals surface area contributed by atoms with Crippen LogP contribution in [0.4, 0.5) is 0 Å². The third-order valence-corrected chi connectivity index (χ3v) is 6.12. The normalized spacial score (nSPS) is 19.2. The number of hydrogen-bond acceptors (Lipinski definition) is 5. The maximum atomic E-state index is 11.9. The Morgan fingerprint density at radius 3 is 2.78 bits per heavy atom. The first-order valence-electron chi connectivity index (χ1n) is 5.77. The summed E-state index contributed by atoms with van der Waals surface area (Å²) in [4.78, 5) is 6.00. The van der Waals surface area contributed by atoms with Crippen molar-refractivity contribution in [3.8, 4) is 0 Å². The molecular formula is C10H16ClN3O2S2. The highest BCUT2D eigenvalue weighted by molar-refractivity contribution is 7.91. The van der Waals surface area contributed by atoms with Gasteiger partial charge in [0.1, 0.15) is 0 Å². The first-order valence-corrected chi connectivity index (χ1v) is 8.44. The summed E-state index contributed by atoms with van der Waals surface area (Å²) in [5.74, 6) is 0.416. The summed E-state index contributed by atoms with van der Waals surface area (Å²) in [6, 6.07) is 0. The predicted molar refractivity (Wildman–Crippen MR) is 72.5 cm³/mol. The number of nitrogens with one attached hydrogen (secondary N) is 1. The van der Waals surface area contributed by atoms with Crippen LogP contribution in [0.2, 0.25) is 4.47 Å². The molecule has 1 N–H and O–H groups in total. The number of piperidine rings is 1. The van der Waals surface area contributed by atoms with E-state index in [9.17, 15) is 8.42 Å². The lowest BCUT2D eigenvalue weighted by molar-refractivity contribution is 0.220. The van der Waals surface area contributed by atoms with Crippen molar-refractivity contribution in [2.45, 2.75) is 17.1 Å². The summed E-state index contributed by atoms with van der Waals surface area (Å²) < 4.78 is 27.0. The zero-order valence-corrected chi connectivity index (χ0v) is 12.5. The number of rotatable bonds is 4. The number of likely N-dealkylation sites (tertiary alicyclic amines) is 1. The molecule has 1 fully saturated rings. The predicted octanol–water partition coefficient (Wildman–Crippen LogP) is 1.42. The molecule has 0 unspecified atom stereocenters. The third kappa shape index (κ3) is 3.64. The van der Waals surface area contributed by atoms with Gasteiger partial charge in [-0.15, -0.1) is 0 Å². The number of halogens is 1. The zero-order chi connectivity index (χ0) is 13.2. The Balaban J connectivity index is 1.90. The average Bonchev–Trinajstić information content (AvgIpc) is 2.76. The highest BCUT2D eigenvalue weighted by Gasteiger charge is 2.21. The smallest absolute Gasteiger partial charge is 0.251 e. The zero-order valence-electron chi connectivity index (χ0n) is 10.1. The van der Waals surface area contributed by atoms with Crippen LogP contribution in [-0.2, 0) is 10.0 Å². The molecule has 0 radical (unpaired) electrons. The Hall–Kier alpha value is -0.210. The molecule has 8 heteroatoms. The van der Waals surface area contributed by atoms with Crippen LogP contribution in [0.5, 0.6) is 0 Å². The fourth-order valence-corrected chi connectivity index (χ4v) is 4.38. The van der Waals surface area contributed by atoms with E-state index in [0.717, 1.165) is 37.3 Å². The van der Waals surface area contributed by atoms with Gasteiger partial charge in [0.2, 0.25) is 0 Å². The maximum Gasteiger partial charge on any atom is 0.251 e. The molecule has 2 heterocycles. The molecule has 0 spiro atoms. The first kappa shape index (κ1) is 14.2. The summed E-state index contributed by atoms with van der Waals surface area (Å²) in [5, 5.41) is 0. The molecule has 0 aliphatic carbocycles. The average molecular weight is 310 g/mol. The van der Waals surface area contributed by atoms with Gasteiger partial charge in [0.25, 0.3) is 10.0 Å². The van der Waals surface area contributed by atoms with Gasteiger partial charge in [-0.2, -0.15) is 0 Å². The topological polar surface area (TPSA) is 62.3 Å². The van der Waals surface area contributed by atoms with E-state index < -0.39 is 10.0 Å². The Bertz CT molecular complexity index is 495. The minimum atomic E-state index is -3.44. The molecule has 1 aliphatic rings. The molecular weight excluding hydrogens is 294 g/mol. The van der Waals surface area contributed by atoms with Crippen LogP contribution in [-0.4, -0.2) is 45.0 Å². The van der Waals surface area contributed by atoms with E-state index in [1.165, 1.54) is 6.20 Å². The molecule has 0 bridgehead atoms. The molecule has 5 nitrogen and oxygen atoms in total. The molecule has 18 heavy (non-hydrogen) atoms. The van der Waals surface area contributed by atoms with E-state index in [0.29, 0.717) is 12.5 Å². The molecule has 102 valence electrons. The fraction of sp³-hybridized carbons (Fsp3) is 0.700. The molecule has 1 aromatic rings. The molecule has 2 rings (SSSR count). The van der Waals surface area contributed by atoms with Gasteiger partial charge in [0, 0.05) is 6.54 Å². The molecule has 1 aromatic heterocycles. The first-order chi connectivity index (χ1) is 8.47. The molecule has 0 amide bonds. The highest BCUT2D eigenvalue weighted by atomic mass is 35.5. The Morgan fingerprint density at radius 2 is 2.22 bits per heavy atom. The Labute approximate surface area is 116 Å². The van der Waals surface area contributed by atoms with E-state index in [-0.39, 0.29) is 8.68 Å². The van der Waals surface area contributed by atoms with Crippen molar-refractivity contribution in [3.05, 3.63) is 10.7 Å². The van der Waals surface area contributed by atoms with Crippen LogP contribution in [0, 0.1) is 5.92 Å². The summed E-state index contributed by atoms with van der Waals surface area (Å²) in [6.45, 7) is 2.54. The largest absolute Gasteiger partial charge is 0.306 e. The van der Waals surface area contributed by atoms with Gasteiger partial charge in [-0.3, -0.25) is 0 Å². The van der Waals surface area contributed by atoms with Crippen molar-refractivity contribution in [2.24, 2.45) is 5.92 Å². The van der Waals surface area contributed by atoms with Crippen molar-refractivity contribution in [1.82, 2.24) is 14.6 Å². The molecule has 1 aliphatic heterocycles. The van der Waals surface area contributed by atoms with Crippen molar-refractivity contribution in [1.29, 1.82) is 0 Å². The van der Waals surface area contributed by atoms with E-state index in [2.05, 4.69) is 21.7 Å². The Kier molecular flexibility index (Phi) is 4.60. The summed E-state index contributed by atoms with van der Waals surface area (Å²) in [7, 11) is -1.36. The molecule has 1 saturated heterocycles. The van der Waals surface area contributed by atoms with Crippen LogP contribution in [0.3, 0.4) is 0 Å². The van der Waals surface area contributed by atoms with E-state index >= 15 is 0 Å². The Morgan fingerprint density at radius 1 is 1.56 bits per heavy atom.